The molecule has 0 aliphatic rings. The maximum Gasteiger partial charge on any atom is 0.106 e. The van der Waals surface area contributed by atoms with Crippen molar-refractivity contribution >= 4 is 31.5 Å². The molecule has 4 heteroatoms. The molecule has 10 rings (SSSR count). The molecule has 0 saturated heterocycles. The zero-order valence-electron chi connectivity index (χ0n) is 29.8. The monoisotopic (exact) mass is 719 g/mol. The molecule has 3 nitrogen and oxygen atoms in total. The summed E-state index contributed by atoms with van der Waals surface area (Å²) in [5.41, 5.74) is 14.7. The minimum Gasteiger partial charge on any atom is -0.135 e. The quantitative estimate of drug-likeness (QED) is 0.165. The van der Waals surface area contributed by atoms with Gasteiger partial charge in [-0.15, -0.1) is 21.5 Å². The van der Waals surface area contributed by atoms with E-state index in [1.165, 1.54) is 42.4 Å². The van der Waals surface area contributed by atoms with Crippen LogP contribution < -0.4 is 0 Å². The first-order chi connectivity index (χ1) is 27.3. The lowest BCUT2D eigenvalue weighted by Gasteiger charge is -2.23. The predicted octanol–water partition coefficient (Wildman–Crippen LogP) is 13.9. The molecule has 8 aromatic carbocycles. The van der Waals surface area contributed by atoms with Crippen molar-refractivity contribution in [2.75, 3.05) is 0 Å². The molecule has 0 spiro atoms. The molecule has 10 aromatic rings. The van der Waals surface area contributed by atoms with E-state index < -0.39 is 0 Å². The highest BCUT2D eigenvalue weighted by Gasteiger charge is 2.28. The molecule has 2 aromatic heterocycles. The Balaban J connectivity index is 1.43. The topological polar surface area (TPSA) is 38.7 Å². The van der Waals surface area contributed by atoms with Crippen LogP contribution in [0.15, 0.2) is 200 Å². The third-order valence-corrected chi connectivity index (χ3v) is 11.5. The molecule has 0 amide bonds. The van der Waals surface area contributed by atoms with Gasteiger partial charge in [-0.25, -0.2) is 0 Å². The average molecular weight is 720 g/mol. The van der Waals surface area contributed by atoms with Crippen molar-refractivity contribution in [3.05, 3.63) is 200 Å². The maximum absolute atomic E-state index is 5.04. The lowest BCUT2D eigenvalue weighted by Crippen LogP contribution is -2.03. The summed E-state index contributed by atoms with van der Waals surface area (Å²) in [4.78, 5) is 0. The fourth-order valence-corrected chi connectivity index (χ4v) is 9.11. The average Bonchev–Trinajstić information content (AvgIpc) is 3.65. The summed E-state index contributed by atoms with van der Waals surface area (Å²) in [6.07, 6.45) is 0. The van der Waals surface area contributed by atoms with Crippen LogP contribution in [0.25, 0.3) is 98.3 Å². The van der Waals surface area contributed by atoms with Crippen LogP contribution in [0.1, 0.15) is 0 Å². The number of thiophene rings is 1. The van der Waals surface area contributed by atoms with Gasteiger partial charge in [-0.3, -0.25) is 0 Å². The van der Waals surface area contributed by atoms with Crippen molar-refractivity contribution in [1.29, 1.82) is 0 Å². The molecule has 2 heterocycles. The Morgan fingerprint density at radius 1 is 0.309 bits per heavy atom. The van der Waals surface area contributed by atoms with Crippen molar-refractivity contribution in [3.8, 4) is 78.1 Å². The summed E-state index contributed by atoms with van der Waals surface area (Å²) in [6.45, 7) is 0. The van der Waals surface area contributed by atoms with Crippen LogP contribution in [0.4, 0.5) is 0 Å². The number of rotatable bonds is 7. The van der Waals surface area contributed by atoms with Crippen LogP contribution in [-0.2, 0) is 0 Å². The number of nitrogens with zero attached hydrogens (tertiary/aromatic N) is 3. The van der Waals surface area contributed by atoms with E-state index in [2.05, 4.69) is 199 Å². The molecule has 0 N–H and O–H groups in total. The summed E-state index contributed by atoms with van der Waals surface area (Å²) in [5, 5.41) is 16.8. The van der Waals surface area contributed by atoms with Gasteiger partial charge in [-0.2, -0.15) is 0 Å². The molecule has 55 heavy (non-hydrogen) atoms. The fourth-order valence-electron chi connectivity index (χ4n) is 7.96. The Hall–Kier alpha value is -7.01. The molecule has 0 unspecified atom stereocenters. The molecule has 0 bridgehead atoms. The van der Waals surface area contributed by atoms with E-state index in [0.29, 0.717) is 0 Å². The minimum atomic E-state index is 0.784. The lowest BCUT2D eigenvalue weighted by atomic mass is 9.80. The van der Waals surface area contributed by atoms with Crippen LogP contribution >= 0.6 is 11.3 Å². The molecule has 258 valence electrons. The van der Waals surface area contributed by atoms with Crippen molar-refractivity contribution in [3.63, 3.8) is 0 Å². The van der Waals surface area contributed by atoms with Gasteiger partial charge >= 0.3 is 0 Å². The number of fused-ring (bicyclic) bond motifs is 3. The Labute approximate surface area is 323 Å². The van der Waals surface area contributed by atoms with Gasteiger partial charge in [-0.05, 0) is 61.9 Å². The van der Waals surface area contributed by atoms with E-state index in [4.69, 9.17) is 10.2 Å². The number of benzene rings is 8. The van der Waals surface area contributed by atoms with Gasteiger partial charge in [0, 0.05) is 42.4 Å². The summed E-state index contributed by atoms with van der Waals surface area (Å²) in [5.74, 6) is 0. The van der Waals surface area contributed by atoms with Crippen molar-refractivity contribution in [2.45, 2.75) is 0 Å². The van der Waals surface area contributed by atoms with Gasteiger partial charge in [-0.1, -0.05) is 188 Å². The molecule has 0 fully saturated rings. The first kappa shape index (κ1) is 32.6. The summed E-state index contributed by atoms with van der Waals surface area (Å²) >= 11 is 1.85. The SMILES string of the molecule is c1ccc(-c2cccc(-c3c(-c4ccccc4)c(-c4ccccc4)cc4sc5ccccc5c34)c2-c2nnnc(-c3ccccc3)c2-c2ccccc2)cc1. The molecule has 0 aliphatic heterocycles. The van der Waals surface area contributed by atoms with Crippen LogP contribution in [0.3, 0.4) is 0 Å². The van der Waals surface area contributed by atoms with Gasteiger partial charge < -0.3 is 0 Å². The fraction of sp³-hybridized carbons (Fsp3) is 0. The Bertz CT molecular complexity index is 2940. The number of hydrogen-bond donors (Lipinski definition) is 0. The van der Waals surface area contributed by atoms with Gasteiger partial charge in [0.15, 0.2) is 0 Å². The van der Waals surface area contributed by atoms with Crippen LogP contribution in [0.2, 0.25) is 0 Å². The maximum atomic E-state index is 5.04. The molecular formula is C51H33N3S. The third kappa shape index (κ3) is 5.81. The smallest absolute Gasteiger partial charge is 0.106 e. The van der Waals surface area contributed by atoms with Crippen molar-refractivity contribution < 1.29 is 0 Å². The van der Waals surface area contributed by atoms with Gasteiger partial charge in [0.1, 0.15) is 11.4 Å². The lowest BCUT2D eigenvalue weighted by molar-refractivity contribution is 0.879. The Morgan fingerprint density at radius 2 is 0.800 bits per heavy atom. The number of aromatic nitrogens is 3. The first-order valence-corrected chi connectivity index (χ1v) is 19.3. The standard InChI is InChI=1S/C51H33N3S/c1-6-19-34(20-7-1)39-30-18-31-41(47(39)51-46(37-25-12-4-13-26-37)50(52-54-53-51)38-27-14-5-15-28-38)49-45(36-23-10-3-11-24-36)42(35-21-8-2-9-22-35)33-44-48(49)40-29-16-17-32-43(40)55-44/h1-33H. The van der Waals surface area contributed by atoms with E-state index in [1.807, 2.05) is 17.4 Å². The third-order valence-electron chi connectivity index (χ3n) is 10.3. The zero-order valence-corrected chi connectivity index (χ0v) is 30.6. The Morgan fingerprint density at radius 3 is 1.44 bits per heavy atom. The highest BCUT2D eigenvalue weighted by Crippen LogP contribution is 2.53. The molecule has 0 atom stereocenters. The van der Waals surface area contributed by atoms with E-state index in [0.717, 1.165) is 55.9 Å². The van der Waals surface area contributed by atoms with Crippen LogP contribution in [-0.4, -0.2) is 15.4 Å². The second-order valence-corrected chi connectivity index (χ2v) is 14.6. The van der Waals surface area contributed by atoms with E-state index in [1.54, 1.807) is 0 Å². The summed E-state index contributed by atoms with van der Waals surface area (Å²) < 4.78 is 2.49. The second-order valence-electron chi connectivity index (χ2n) is 13.6. The van der Waals surface area contributed by atoms with E-state index >= 15 is 0 Å². The van der Waals surface area contributed by atoms with E-state index in [-0.39, 0.29) is 0 Å². The van der Waals surface area contributed by atoms with Crippen molar-refractivity contribution in [2.24, 2.45) is 0 Å². The van der Waals surface area contributed by atoms with Gasteiger partial charge in [0.05, 0.1) is 0 Å². The van der Waals surface area contributed by atoms with E-state index in [9.17, 15) is 0 Å². The van der Waals surface area contributed by atoms with Gasteiger partial charge in [0.25, 0.3) is 0 Å². The molecule has 0 saturated carbocycles. The largest absolute Gasteiger partial charge is 0.135 e. The molecule has 0 aliphatic carbocycles. The highest BCUT2D eigenvalue weighted by atomic mass is 32.1. The second kappa shape index (κ2) is 14.1. The van der Waals surface area contributed by atoms with Gasteiger partial charge in [0.2, 0.25) is 0 Å². The summed E-state index contributed by atoms with van der Waals surface area (Å²) in [7, 11) is 0. The molecule has 0 radical (unpaired) electrons. The zero-order chi connectivity index (χ0) is 36.6. The molecular weight excluding hydrogens is 687 g/mol. The van der Waals surface area contributed by atoms with Crippen LogP contribution in [0, 0.1) is 0 Å². The Kier molecular flexibility index (Phi) is 8.36. The number of hydrogen-bond acceptors (Lipinski definition) is 4. The minimum absolute atomic E-state index is 0.784. The van der Waals surface area contributed by atoms with Crippen LogP contribution in [0.5, 0.6) is 0 Å². The normalized spacial score (nSPS) is 11.3. The highest BCUT2D eigenvalue weighted by molar-refractivity contribution is 7.26. The predicted molar refractivity (Wildman–Crippen MR) is 231 cm³/mol. The van der Waals surface area contributed by atoms with Crippen molar-refractivity contribution in [1.82, 2.24) is 15.4 Å². The first-order valence-electron chi connectivity index (χ1n) is 18.5. The summed E-state index contributed by atoms with van der Waals surface area (Å²) in [6, 6.07) is 71.0.